The van der Waals surface area contributed by atoms with E-state index in [0.29, 0.717) is 19.6 Å². The fourth-order valence-corrected chi connectivity index (χ4v) is 3.38. The molecule has 124 valence electrons. The van der Waals surface area contributed by atoms with Gasteiger partial charge in [-0.2, -0.15) is 0 Å². The lowest BCUT2D eigenvalue weighted by molar-refractivity contribution is -0.118. The molecule has 5 heteroatoms. The molecule has 2 aromatic rings. The first kappa shape index (κ1) is 14.9. The number of anilines is 2. The van der Waals surface area contributed by atoms with Gasteiger partial charge in [0.25, 0.3) is 0 Å². The summed E-state index contributed by atoms with van der Waals surface area (Å²) in [6.07, 6.45) is 0.383. The van der Waals surface area contributed by atoms with E-state index in [2.05, 4.69) is 4.90 Å². The molecular weight excluding hydrogens is 304 g/mol. The SMILES string of the molecule is COc1ccc(CC(=O)N2CCN3CCOc4cccc2c43)cc1. The third-order valence-electron chi connectivity index (χ3n) is 4.61. The lowest BCUT2D eigenvalue weighted by Crippen LogP contribution is -2.47. The van der Waals surface area contributed by atoms with Crippen LogP contribution in [0, 0.1) is 0 Å². The van der Waals surface area contributed by atoms with Gasteiger partial charge in [0, 0.05) is 13.1 Å². The van der Waals surface area contributed by atoms with E-state index in [4.69, 9.17) is 9.47 Å². The van der Waals surface area contributed by atoms with Gasteiger partial charge in [0.2, 0.25) is 5.91 Å². The molecule has 2 heterocycles. The number of methoxy groups -OCH3 is 1. The zero-order chi connectivity index (χ0) is 16.5. The van der Waals surface area contributed by atoms with E-state index >= 15 is 0 Å². The Morgan fingerprint density at radius 3 is 2.75 bits per heavy atom. The van der Waals surface area contributed by atoms with Crippen molar-refractivity contribution in [2.45, 2.75) is 6.42 Å². The Morgan fingerprint density at radius 2 is 1.96 bits per heavy atom. The van der Waals surface area contributed by atoms with Crippen molar-refractivity contribution in [3.63, 3.8) is 0 Å². The van der Waals surface area contributed by atoms with Gasteiger partial charge in [0.1, 0.15) is 23.8 Å². The van der Waals surface area contributed by atoms with Gasteiger partial charge in [0.15, 0.2) is 0 Å². The van der Waals surface area contributed by atoms with Crippen molar-refractivity contribution >= 4 is 17.3 Å². The molecule has 0 N–H and O–H groups in total. The van der Waals surface area contributed by atoms with Crippen molar-refractivity contribution in [1.82, 2.24) is 0 Å². The molecule has 0 aliphatic carbocycles. The van der Waals surface area contributed by atoms with E-state index in [1.165, 1.54) is 0 Å². The Labute approximate surface area is 141 Å². The zero-order valence-corrected chi connectivity index (χ0v) is 13.7. The standard InChI is InChI=1S/C19H20N2O3/c1-23-15-7-5-14(6-8-15)13-18(22)21-10-9-20-11-12-24-17-4-2-3-16(21)19(17)20/h2-8H,9-13H2,1H3. The van der Waals surface area contributed by atoms with E-state index in [1.807, 2.05) is 47.4 Å². The molecule has 0 unspecified atom stereocenters. The number of carbonyl (C=O) groups excluding carboxylic acids is 1. The smallest absolute Gasteiger partial charge is 0.231 e. The fourth-order valence-electron chi connectivity index (χ4n) is 3.38. The predicted molar refractivity (Wildman–Crippen MR) is 93.2 cm³/mol. The van der Waals surface area contributed by atoms with Crippen molar-refractivity contribution in [3.8, 4) is 11.5 Å². The summed E-state index contributed by atoms with van der Waals surface area (Å²) in [6.45, 7) is 3.15. The third kappa shape index (κ3) is 2.56. The van der Waals surface area contributed by atoms with E-state index in [0.717, 1.165) is 41.5 Å². The number of carbonyl (C=O) groups is 1. The second-order valence-corrected chi connectivity index (χ2v) is 6.03. The lowest BCUT2D eigenvalue weighted by atomic mass is 10.1. The number of para-hydroxylation sites is 1. The number of nitrogens with zero attached hydrogens (tertiary/aromatic N) is 2. The minimum Gasteiger partial charge on any atom is -0.497 e. The van der Waals surface area contributed by atoms with Crippen LogP contribution in [0.5, 0.6) is 11.5 Å². The number of ether oxygens (including phenoxy) is 2. The van der Waals surface area contributed by atoms with Crippen molar-refractivity contribution in [1.29, 1.82) is 0 Å². The number of amides is 1. The van der Waals surface area contributed by atoms with Crippen LogP contribution in [-0.4, -0.2) is 39.3 Å². The summed E-state index contributed by atoms with van der Waals surface area (Å²) in [7, 11) is 1.64. The van der Waals surface area contributed by atoms with Crippen molar-refractivity contribution < 1.29 is 14.3 Å². The molecule has 0 atom stereocenters. The summed E-state index contributed by atoms with van der Waals surface area (Å²) < 4.78 is 10.9. The van der Waals surface area contributed by atoms with Crippen molar-refractivity contribution in [2.24, 2.45) is 0 Å². The van der Waals surface area contributed by atoms with E-state index in [9.17, 15) is 4.79 Å². The number of rotatable bonds is 3. The predicted octanol–water partition coefficient (Wildman–Crippen LogP) is 2.48. The molecule has 0 aromatic heterocycles. The topological polar surface area (TPSA) is 42.0 Å². The van der Waals surface area contributed by atoms with Crippen LogP contribution in [0.25, 0.3) is 0 Å². The molecular formula is C19H20N2O3. The van der Waals surface area contributed by atoms with Gasteiger partial charge in [-0.15, -0.1) is 0 Å². The first-order valence-corrected chi connectivity index (χ1v) is 8.20. The van der Waals surface area contributed by atoms with Crippen LogP contribution in [-0.2, 0) is 11.2 Å². The number of hydrogen-bond acceptors (Lipinski definition) is 4. The zero-order valence-electron chi connectivity index (χ0n) is 13.7. The van der Waals surface area contributed by atoms with Crippen LogP contribution >= 0.6 is 0 Å². The van der Waals surface area contributed by atoms with E-state index in [-0.39, 0.29) is 5.91 Å². The average molecular weight is 324 g/mol. The highest BCUT2D eigenvalue weighted by atomic mass is 16.5. The summed E-state index contributed by atoms with van der Waals surface area (Å²) in [5.41, 5.74) is 3.00. The Kier molecular flexibility index (Phi) is 3.76. The Hall–Kier alpha value is -2.69. The first-order chi connectivity index (χ1) is 11.8. The third-order valence-corrected chi connectivity index (χ3v) is 4.61. The monoisotopic (exact) mass is 324 g/mol. The van der Waals surface area contributed by atoms with E-state index < -0.39 is 0 Å². The highest BCUT2D eigenvalue weighted by molar-refractivity contribution is 6.00. The highest BCUT2D eigenvalue weighted by Gasteiger charge is 2.31. The summed E-state index contributed by atoms with van der Waals surface area (Å²) in [5, 5.41) is 0. The van der Waals surface area contributed by atoms with Gasteiger partial charge >= 0.3 is 0 Å². The number of hydrogen-bond donors (Lipinski definition) is 0. The van der Waals surface area contributed by atoms with Crippen LogP contribution in [0.3, 0.4) is 0 Å². The molecule has 4 rings (SSSR count). The molecule has 2 aliphatic heterocycles. The number of benzene rings is 2. The maximum atomic E-state index is 12.8. The molecule has 0 radical (unpaired) electrons. The van der Waals surface area contributed by atoms with E-state index in [1.54, 1.807) is 7.11 Å². The Morgan fingerprint density at radius 1 is 1.12 bits per heavy atom. The minimum absolute atomic E-state index is 0.110. The second-order valence-electron chi connectivity index (χ2n) is 6.03. The summed E-state index contributed by atoms with van der Waals surface area (Å²) in [5.74, 6) is 1.79. The summed E-state index contributed by atoms with van der Waals surface area (Å²) >= 11 is 0. The first-order valence-electron chi connectivity index (χ1n) is 8.20. The normalized spacial score (nSPS) is 15.5. The van der Waals surface area contributed by atoms with Crippen LogP contribution in [0.2, 0.25) is 0 Å². The van der Waals surface area contributed by atoms with Gasteiger partial charge in [0.05, 0.1) is 25.8 Å². The van der Waals surface area contributed by atoms with Crippen LogP contribution < -0.4 is 19.3 Å². The highest BCUT2D eigenvalue weighted by Crippen LogP contribution is 2.42. The molecule has 0 spiro atoms. The minimum atomic E-state index is 0.110. The Balaban J connectivity index is 1.59. The average Bonchev–Trinajstić information content (AvgIpc) is 2.63. The fraction of sp³-hybridized carbons (Fsp3) is 0.316. The molecule has 24 heavy (non-hydrogen) atoms. The maximum absolute atomic E-state index is 12.8. The second kappa shape index (κ2) is 6.07. The van der Waals surface area contributed by atoms with Crippen LogP contribution in [0.4, 0.5) is 11.4 Å². The van der Waals surface area contributed by atoms with Gasteiger partial charge < -0.3 is 19.3 Å². The summed E-state index contributed by atoms with van der Waals surface area (Å²) in [4.78, 5) is 17.0. The van der Waals surface area contributed by atoms with Crippen LogP contribution in [0.1, 0.15) is 5.56 Å². The van der Waals surface area contributed by atoms with Gasteiger partial charge in [-0.05, 0) is 29.8 Å². The van der Waals surface area contributed by atoms with Gasteiger partial charge in [-0.25, -0.2) is 0 Å². The Bertz CT molecular complexity index is 758. The van der Waals surface area contributed by atoms with Crippen molar-refractivity contribution in [3.05, 3.63) is 48.0 Å². The summed E-state index contributed by atoms with van der Waals surface area (Å²) in [6, 6.07) is 13.6. The lowest BCUT2D eigenvalue weighted by Gasteiger charge is -2.41. The molecule has 0 saturated heterocycles. The molecule has 0 fully saturated rings. The van der Waals surface area contributed by atoms with Gasteiger partial charge in [-0.1, -0.05) is 18.2 Å². The van der Waals surface area contributed by atoms with Gasteiger partial charge in [-0.3, -0.25) is 4.79 Å². The quantitative estimate of drug-likeness (QED) is 0.870. The molecule has 0 bridgehead atoms. The maximum Gasteiger partial charge on any atom is 0.231 e. The van der Waals surface area contributed by atoms with Crippen LogP contribution in [0.15, 0.2) is 42.5 Å². The van der Waals surface area contributed by atoms with Crippen molar-refractivity contribution in [2.75, 3.05) is 43.2 Å². The molecule has 1 amide bonds. The molecule has 0 saturated carbocycles. The molecule has 2 aromatic carbocycles. The molecule has 2 aliphatic rings. The largest absolute Gasteiger partial charge is 0.497 e. The molecule has 5 nitrogen and oxygen atoms in total.